The number of carbonyl (C=O) groups is 1. The number of ketones is 1. The second kappa shape index (κ2) is 5.78. The summed E-state index contributed by atoms with van der Waals surface area (Å²) < 4.78 is 0. The average Bonchev–Trinajstić information content (AvgIpc) is 2.53. The van der Waals surface area contributed by atoms with Gasteiger partial charge in [-0.2, -0.15) is 0 Å². The topological polar surface area (TPSA) is 41.1 Å². The zero-order chi connectivity index (χ0) is 13.8. The molecular weight excluding hydrogens is 248 g/mol. The molecule has 2 aromatic carbocycles. The van der Waals surface area contributed by atoms with Crippen molar-refractivity contribution >= 4 is 17.2 Å². The second-order valence-electron chi connectivity index (χ2n) is 5.08. The molecule has 1 heterocycles. The number of carbonyl (C=O) groups excluding carboxylic acids is 1. The van der Waals surface area contributed by atoms with Crippen LogP contribution in [0.25, 0.3) is 0 Å². The normalized spacial score (nSPS) is 16.9. The van der Waals surface area contributed by atoms with Gasteiger partial charge in [-0.05, 0) is 36.6 Å². The lowest BCUT2D eigenvalue weighted by Crippen LogP contribution is -2.37. The number of hydrogen-bond donors (Lipinski definition) is 2. The van der Waals surface area contributed by atoms with Crippen LogP contribution < -0.4 is 10.6 Å². The van der Waals surface area contributed by atoms with E-state index in [1.165, 1.54) is 5.56 Å². The third-order valence-electron chi connectivity index (χ3n) is 3.68. The SMILES string of the molecule is O=C(CNc1ccccc1)C1CCc2ccccc2N1. The lowest BCUT2D eigenvalue weighted by Gasteiger charge is -2.26. The van der Waals surface area contributed by atoms with Crippen LogP contribution in [0, 0.1) is 0 Å². The highest BCUT2D eigenvalue weighted by atomic mass is 16.1. The Kier molecular flexibility index (Phi) is 3.68. The third kappa shape index (κ3) is 2.82. The van der Waals surface area contributed by atoms with Crippen LogP contribution in [0.4, 0.5) is 11.4 Å². The fourth-order valence-electron chi connectivity index (χ4n) is 2.55. The summed E-state index contributed by atoms with van der Waals surface area (Å²) in [5.74, 6) is 0.211. The number of benzene rings is 2. The standard InChI is InChI=1S/C17H18N2O/c20-17(12-18-14-7-2-1-3-8-14)16-11-10-13-6-4-5-9-15(13)19-16/h1-9,16,18-19H,10-12H2. The van der Waals surface area contributed by atoms with E-state index in [1.807, 2.05) is 48.5 Å². The van der Waals surface area contributed by atoms with Crippen molar-refractivity contribution in [3.63, 3.8) is 0 Å². The first-order valence-corrected chi connectivity index (χ1v) is 6.99. The Bertz CT molecular complexity index is 595. The molecule has 0 spiro atoms. The molecular formula is C17H18N2O. The minimum absolute atomic E-state index is 0.0823. The van der Waals surface area contributed by atoms with Crippen molar-refractivity contribution < 1.29 is 4.79 Å². The molecule has 3 rings (SSSR count). The zero-order valence-electron chi connectivity index (χ0n) is 11.3. The Morgan fingerprint density at radius 1 is 1.10 bits per heavy atom. The molecule has 1 aliphatic heterocycles. The van der Waals surface area contributed by atoms with E-state index < -0.39 is 0 Å². The van der Waals surface area contributed by atoms with Gasteiger partial charge in [-0.15, -0.1) is 0 Å². The predicted molar refractivity (Wildman–Crippen MR) is 82.1 cm³/mol. The molecule has 0 saturated heterocycles. The van der Waals surface area contributed by atoms with E-state index in [0.717, 1.165) is 24.2 Å². The molecule has 1 aliphatic rings. The molecule has 0 amide bonds. The molecule has 0 bridgehead atoms. The number of para-hydroxylation sites is 2. The molecule has 3 heteroatoms. The van der Waals surface area contributed by atoms with Crippen LogP contribution in [-0.2, 0) is 11.2 Å². The molecule has 2 N–H and O–H groups in total. The lowest BCUT2D eigenvalue weighted by atomic mass is 9.95. The summed E-state index contributed by atoms with van der Waals surface area (Å²) in [6, 6.07) is 17.9. The van der Waals surface area contributed by atoms with E-state index in [0.29, 0.717) is 6.54 Å². The van der Waals surface area contributed by atoms with Gasteiger partial charge < -0.3 is 10.6 Å². The number of nitrogens with one attached hydrogen (secondary N) is 2. The fraction of sp³-hybridized carbons (Fsp3) is 0.235. The van der Waals surface area contributed by atoms with Crippen LogP contribution in [0.1, 0.15) is 12.0 Å². The van der Waals surface area contributed by atoms with Crippen molar-refractivity contribution in [2.75, 3.05) is 17.2 Å². The van der Waals surface area contributed by atoms with Crippen LogP contribution in [0.3, 0.4) is 0 Å². The summed E-state index contributed by atoms with van der Waals surface area (Å²) in [5, 5.41) is 6.52. The van der Waals surface area contributed by atoms with Gasteiger partial charge >= 0.3 is 0 Å². The molecule has 1 atom stereocenters. The van der Waals surface area contributed by atoms with Gasteiger partial charge in [0.25, 0.3) is 0 Å². The van der Waals surface area contributed by atoms with E-state index in [2.05, 4.69) is 16.7 Å². The molecule has 20 heavy (non-hydrogen) atoms. The van der Waals surface area contributed by atoms with E-state index in [-0.39, 0.29) is 11.8 Å². The number of fused-ring (bicyclic) bond motifs is 1. The van der Waals surface area contributed by atoms with Crippen LogP contribution >= 0.6 is 0 Å². The average molecular weight is 266 g/mol. The molecule has 2 aromatic rings. The van der Waals surface area contributed by atoms with Crippen molar-refractivity contribution in [2.24, 2.45) is 0 Å². The van der Waals surface area contributed by atoms with Crippen molar-refractivity contribution in [3.8, 4) is 0 Å². The third-order valence-corrected chi connectivity index (χ3v) is 3.68. The molecule has 0 saturated carbocycles. The second-order valence-corrected chi connectivity index (χ2v) is 5.08. The maximum atomic E-state index is 12.3. The molecule has 1 unspecified atom stereocenters. The number of hydrogen-bond acceptors (Lipinski definition) is 3. The van der Waals surface area contributed by atoms with Crippen LogP contribution in [0.2, 0.25) is 0 Å². The van der Waals surface area contributed by atoms with Crippen LogP contribution in [0.15, 0.2) is 54.6 Å². The van der Waals surface area contributed by atoms with Gasteiger partial charge in [0.15, 0.2) is 5.78 Å². The smallest absolute Gasteiger partial charge is 0.173 e. The van der Waals surface area contributed by atoms with Crippen LogP contribution in [0.5, 0.6) is 0 Å². The maximum absolute atomic E-state index is 12.3. The summed E-state index contributed by atoms with van der Waals surface area (Å²) in [5.41, 5.74) is 3.38. The highest BCUT2D eigenvalue weighted by molar-refractivity contribution is 5.90. The van der Waals surface area contributed by atoms with Gasteiger partial charge in [0.1, 0.15) is 0 Å². The van der Waals surface area contributed by atoms with Gasteiger partial charge in [-0.25, -0.2) is 0 Å². The minimum Gasteiger partial charge on any atom is -0.378 e. The fourth-order valence-corrected chi connectivity index (χ4v) is 2.55. The maximum Gasteiger partial charge on any atom is 0.173 e. The Morgan fingerprint density at radius 3 is 2.70 bits per heavy atom. The first kappa shape index (κ1) is 12.7. The van der Waals surface area contributed by atoms with E-state index in [4.69, 9.17) is 0 Å². The van der Waals surface area contributed by atoms with Crippen LogP contribution in [-0.4, -0.2) is 18.4 Å². The predicted octanol–water partition coefficient (Wildman–Crippen LogP) is 3.09. The summed E-state index contributed by atoms with van der Waals surface area (Å²) in [7, 11) is 0. The van der Waals surface area contributed by atoms with E-state index >= 15 is 0 Å². The number of rotatable bonds is 4. The quantitative estimate of drug-likeness (QED) is 0.893. The first-order chi connectivity index (χ1) is 9.83. The van der Waals surface area contributed by atoms with Gasteiger partial charge in [0.05, 0.1) is 12.6 Å². The first-order valence-electron chi connectivity index (χ1n) is 6.99. The van der Waals surface area contributed by atoms with E-state index in [9.17, 15) is 4.79 Å². The molecule has 102 valence electrons. The Hall–Kier alpha value is -2.29. The van der Waals surface area contributed by atoms with Gasteiger partial charge in [-0.3, -0.25) is 4.79 Å². The lowest BCUT2D eigenvalue weighted by molar-refractivity contribution is -0.118. The Morgan fingerprint density at radius 2 is 1.85 bits per heavy atom. The number of aryl methyl sites for hydroxylation is 1. The highest BCUT2D eigenvalue weighted by Crippen LogP contribution is 2.24. The minimum atomic E-state index is -0.0823. The van der Waals surface area contributed by atoms with Crippen molar-refractivity contribution in [1.82, 2.24) is 0 Å². The highest BCUT2D eigenvalue weighted by Gasteiger charge is 2.22. The molecule has 0 aliphatic carbocycles. The van der Waals surface area contributed by atoms with Gasteiger partial charge in [-0.1, -0.05) is 36.4 Å². The monoisotopic (exact) mass is 266 g/mol. The van der Waals surface area contributed by atoms with Gasteiger partial charge in [0.2, 0.25) is 0 Å². The number of Topliss-reactive ketones (excluding diaryl/α,β-unsaturated/α-hetero) is 1. The summed E-state index contributed by atoms with van der Waals surface area (Å²) in [4.78, 5) is 12.3. The summed E-state index contributed by atoms with van der Waals surface area (Å²) in [6.45, 7) is 0.365. The van der Waals surface area contributed by atoms with Crippen molar-refractivity contribution in [3.05, 3.63) is 60.2 Å². The van der Waals surface area contributed by atoms with Gasteiger partial charge in [0, 0.05) is 11.4 Å². The Balaban J connectivity index is 1.59. The zero-order valence-corrected chi connectivity index (χ0v) is 11.3. The Labute approximate surface area is 119 Å². The molecule has 0 aromatic heterocycles. The summed E-state index contributed by atoms with van der Waals surface area (Å²) >= 11 is 0. The van der Waals surface area contributed by atoms with Crippen molar-refractivity contribution in [2.45, 2.75) is 18.9 Å². The molecule has 0 radical (unpaired) electrons. The molecule has 3 nitrogen and oxygen atoms in total. The van der Waals surface area contributed by atoms with Crippen molar-refractivity contribution in [1.29, 1.82) is 0 Å². The van der Waals surface area contributed by atoms with E-state index in [1.54, 1.807) is 0 Å². The largest absolute Gasteiger partial charge is 0.378 e. The summed E-state index contributed by atoms with van der Waals surface area (Å²) in [6.07, 6.45) is 1.83. The molecule has 0 fully saturated rings. The number of anilines is 2.